The maximum atomic E-state index is 4.99. The highest BCUT2D eigenvalue weighted by molar-refractivity contribution is 5.80. The molecule has 0 bridgehead atoms. The molecule has 0 saturated carbocycles. The van der Waals surface area contributed by atoms with Gasteiger partial charge in [0.15, 0.2) is 11.3 Å². The van der Waals surface area contributed by atoms with E-state index in [2.05, 4.69) is 22.0 Å². The van der Waals surface area contributed by atoms with E-state index in [9.17, 15) is 0 Å². The van der Waals surface area contributed by atoms with Crippen molar-refractivity contribution in [3.63, 3.8) is 0 Å². The maximum absolute atomic E-state index is 4.99. The Bertz CT molecular complexity index is 462. The van der Waals surface area contributed by atoms with Gasteiger partial charge in [0.1, 0.15) is 0 Å². The standard InChI is InChI=1S/C9H6N2O/c1-2-3-8-7-4-5-10-6-9(7)12-11-8/h4-6H,1H3. The van der Waals surface area contributed by atoms with Crippen LogP contribution in [-0.4, -0.2) is 10.1 Å². The summed E-state index contributed by atoms with van der Waals surface area (Å²) in [5.41, 5.74) is 1.35. The van der Waals surface area contributed by atoms with Gasteiger partial charge < -0.3 is 4.52 Å². The van der Waals surface area contributed by atoms with Gasteiger partial charge in [-0.15, -0.1) is 0 Å². The van der Waals surface area contributed by atoms with Gasteiger partial charge in [0.25, 0.3) is 0 Å². The van der Waals surface area contributed by atoms with E-state index in [0.29, 0.717) is 11.3 Å². The molecule has 0 spiro atoms. The predicted molar refractivity (Wildman–Crippen MR) is 44.4 cm³/mol. The van der Waals surface area contributed by atoms with Crippen LogP contribution in [0.15, 0.2) is 23.0 Å². The molecule has 2 aromatic rings. The minimum Gasteiger partial charge on any atom is -0.353 e. The van der Waals surface area contributed by atoms with Crippen LogP contribution in [-0.2, 0) is 0 Å². The van der Waals surface area contributed by atoms with Gasteiger partial charge in [-0.25, -0.2) is 0 Å². The molecule has 3 nitrogen and oxygen atoms in total. The Morgan fingerprint density at radius 1 is 1.50 bits per heavy atom. The Hall–Kier alpha value is -1.82. The fraction of sp³-hybridized carbons (Fsp3) is 0.111. The molecule has 58 valence electrons. The van der Waals surface area contributed by atoms with Crippen molar-refractivity contribution in [1.82, 2.24) is 10.1 Å². The van der Waals surface area contributed by atoms with Gasteiger partial charge in [-0.1, -0.05) is 11.1 Å². The Kier molecular flexibility index (Phi) is 1.52. The largest absolute Gasteiger partial charge is 0.353 e. The average molecular weight is 158 g/mol. The Balaban J connectivity index is 2.76. The third-order valence-electron chi connectivity index (χ3n) is 1.52. The van der Waals surface area contributed by atoms with E-state index in [4.69, 9.17) is 4.52 Å². The van der Waals surface area contributed by atoms with Gasteiger partial charge in [0.2, 0.25) is 0 Å². The van der Waals surface area contributed by atoms with E-state index in [1.54, 1.807) is 19.3 Å². The van der Waals surface area contributed by atoms with Crippen LogP contribution in [0.2, 0.25) is 0 Å². The van der Waals surface area contributed by atoms with Crippen LogP contribution in [0.3, 0.4) is 0 Å². The second-order valence-electron chi connectivity index (χ2n) is 2.28. The Labute approximate surface area is 69.4 Å². The van der Waals surface area contributed by atoms with Crippen molar-refractivity contribution >= 4 is 11.0 Å². The summed E-state index contributed by atoms with van der Waals surface area (Å²) in [7, 11) is 0. The highest BCUT2D eigenvalue weighted by atomic mass is 16.5. The molecule has 0 fully saturated rings. The molecule has 0 aliphatic carbocycles. The highest BCUT2D eigenvalue weighted by Gasteiger charge is 2.03. The summed E-state index contributed by atoms with van der Waals surface area (Å²) in [5, 5.41) is 4.71. The number of hydrogen-bond donors (Lipinski definition) is 0. The van der Waals surface area contributed by atoms with Crippen LogP contribution >= 0.6 is 0 Å². The quantitative estimate of drug-likeness (QED) is 0.546. The molecule has 2 aromatic heterocycles. The maximum Gasteiger partial charge on any atom is 0.186 e. The van der Waals surface area contributed by atoms with E-state index < -0.39 is 0 Å². The lowest BCUT2D eigenvalue weighted by Gasteiger charge is -1.81. The predicted octanol–water partition coefficient (Wildman–Crippen LogP) is 1.59. The second-order valence-corrected chi connectivity index (χ2v) is 2.28. The summed E-state index contributed by atoms with van der Waals surface area (Å²) >= 11 is 0. The molecular weight excluding hydrogens is 152 g/mol. The van der Waals surface area contributed by atoms with E-state index in [1.165, 1.54) is 0 Å². The van der Waals surface area contributed by atoms with Crippen molar-refractivity contribution in [3.05, 3.63) is 24.2 Å². The van der Waals surface area contributed by atoms with Crippen molar-refractivity contribution in [1.29, 1.82) is 0 Å². The smallest absolute Gasteiger partial charge is 0.186 e. The van der Waals surface area contributed by atoms with Crippen molar-refractivity contribution in [2.75, 3.05) is 0 Å². The normalized spacial score (nSPS) is 9.42. The van der Waals surface area contributed by atoms with E-state index in [0.717, 1.165) is 5.39 Å². The van der Waals surface area contributed by atoms with Crippen LogP contribution in [0.1, 0.15) is 12.6 Å². The van der Waals surface area contributed by atoms with Crippen LogP contribution in [0.25, 0.3) is 11.0 Å². The lowest BCUT2D eigenvalue weighted by Crippen LogP contribution is -1.73. The summed E-state index contributed by atoms with van der Waals surface area (Å²) in [5.74, 6) is 5.62. The first-order chi connectivity index (χ1) is 5.92. The molecule has 0 aliphatic rings. The van der Waals surface area contributed by atoms with Crippen LogP contribution < -0.4 is 0 Å². The van der Waals surface area contributed by atoms with E-state index >= 15 is 0 Å². The number of aromatic nitrogens is 2. The fourth-order valence-electron chi connectivity index (χ4n) is 1.00. The third-order valence-corrected chi connectivity index (χ3v) is 1.52. The zero-order chi connectivity index (χ0) is 8.39. The van der Waals surface area contributed by atoms with Gasteiger partial charge >= 0.3 is 0 Å². The lowest BCUT2D eigenvalue weighted by atomic mass is 10.2. The van der Waals surface area contributed by atoms with Gasteiger partial charge in [-0.2, -0.15) is 0 Å². The molecule has 0 unspecified atom stereocenters. The fourth-order valence-corrected chi connectivity index (χ4v) is 1.00. The van der Waals surface area contributed by atoms with Gasteiger partial charge in [-0.05, 0) is 18.9 Å². The molecule has 0 saturated heterocycles. The number of rotatable bonds is 0. The van der Waals surface area contributed by atoms with Crippen LogP contribution in [0.4, 0.5) is 0 Å². The third kappa shape index (κ3) is 0.940. The minimum atomic E-state index is 0.676. The summed E-state index contributed by atoms with van der Waals surface area (Å²) in [4.78, 5) is 3.90. The number of nitrogens with zero attached hydrogens (tertiary/aromatic N) is 2. The van der Waals surface area contributed by atoms with E-state index in [1.807, 2.05) is 6.07 Å². The second kappa shape index (κ2) is 2.67. The van der Waals surface area contributed by atoms with Gasteiger partial charge in [0, 0.05) is 6.20 Å². The zero-order valence-corrected chi connectivity index (χ0v) is 6.53. The topological polar surface area (TPSA) is 38.9 Å². The number of hydrogen-bond acceptors (Lipinski definition) is 3. The summed E-state index contributed by atoms with van der Waals surface area (Å²) in [6.07, 6.45) is 3.32. The van der Waals surface area contributed by atoms with Crippen LogP contribution in [0.5, 0.6) is 0 Å². The molecule has 0 radical (unpaired) electrons. The molecule has 2 rings (SSSR count). The first-order valence-electron chi connectivity index (χ1n) is 3.54. The first-order valence-corrected chi connectivity index (χ1v) is 3.54. The lowest BCUT2D eigenvalue weighted by molar-refractivity contribution is 0.453. The Morgan fingerprint density at radius 3 is 3.25 bits per heavy atom. The molecule has 3 heteroatoms. The van der Waals surface area contributed by atoms with Crippen molar-refractivity contribution in [2.24, 2.45) is 0 Å². The van der Waals surface area contributed by atoms with Crippen LogP contribution in [0, 0.1) is 11.8 Å². The monoisotopic (exact) mass is 158 g/mol. The number of pyridine rings is 1. The van der Waals surface area contributed by atoms with E-state index in [-0.39, 0.29) is 0 Å². The SMILES string of the molecule is CC#Cc1noc2cnccc12. The number of fused-ring (bicyclic) bond motifs is 1. The molecule has 2 heterocycles. The first kappa shape index (κ1) is 6.86. The molecule has 0 N–H and O–H groups in total. The summed E-state index contributed by atoms with van der Waals surface area (Å²) in [6.45, 7) is 1.77. The molecule has 0 aromatic carbocycles. The highest BCUT2D eigenvalue weighted by Crippen LogP contribution is 2.14. The van der Waals surface area contributed by atoms with Gasteiger partial charge in [0.05, 0.1) is 11.6 Å². The van der Waals surface area contributed by atoms with Gasteiger partial charge in [-0.3, -0.25) is 4.98 Å². The van der Waals surface area contributed by atoms with Crippen molar-refractivity contribution in [3.8, 4) is 11.8 Å². The molecule has 0 atom stereocenters. The summed E-state index contributed by atoms with van der Waals surface area (Å²) in [6, 6.07) is 1.84. The molecule has 0 amide bonds. The van der Waals surface area contributed by atoms with Crippen molar-refractivity contribution < 1.29 is 4.52 Å². The summed E-state index contributed by atoms with van der Waals surface area (Å²) < 4.78 is 4.99. The molecule has 12 heavy (non-hydrogen) atoms. The Morgan fingerprint density at radius 2 is 2.42 bits per heavy atom. The average Bonchev–Trinajstić information content (AvgIpc) is 2.50. The zero-order valence-electron chi connectivity index (χ0n) is 6.53. The minimum absolute atomic E-state index is 0.676. The molecule has 0 aliphatic heterocycles. The molecular formula is C9H6N2O. The van der Waals surface area contributed by atoms with Crippen molar-refractivity contribution in [2.45, 2.75) is 6.92 Å².